The van der Waals surface area contributed by atoms with E-state index in [0.29, 0.717) is 37.4 Å². The summed E-state index contributed by atoms with van der Waals surface area (Å²) in [5.74, 6) is 0.632. The zero-order valence-corrected chi connectivity index (χ0v) is 19.4. The van der Waals surface area contributed by atoms with Crippen molar-refractivity contribution in [2.24, 2.45) is 7.05 Å². The van der Waals surface area contributed by atoms with Gasteiger partial charge in [-0.05, 0) is 38.8 Å². The van der Waals surface area contributed by atoms with E-state index in [1.165, 1.54) is 12.1 Å². The molecule has 2 aromatic carbocycles. The Kier molecular flexibility index (Phi) is 7.42. The summed E-state index contributed by atoms with van der Waals surface area (Å²) < 4.78 is 27.3. The monoisotopic (exact) mass is 453 g/mol. The summed E-state index contributed by atoms with van der Waals surface area (Å²) in [5.41, 5.74) is 2.72. The number of aliphatic hydroxyl groups is 1. The molecular formula is C26H32FN3O3. The molecule has 1 aromatic heterocycles. The van der Waals surface area contributed by atoms with Crippen LogP contribution in [0.25, 0.3) is 11.3 Å². The van der Waals surface area contributed by atoms with Crippen LogP contribution in [-0.2, 0) is 18.3 Å². The van der Waals surface area contributed by atoms with Gasteiger partial charge in [0.1, 0.15) is 17.3 Å². The molecule has 0 unspecified atom stereocenters. The molecule has 1 saturated carbocycles. The highest BCUT2D eigenvalue weighted by molar-refractivity contribution is 5.65. The van der Waals surface area contributed by atoms with Crippen LogP contribution < -0.4 is 4.74 Å². The Hall–Kier alpha value is -2.74. The van der Waals surface area contributed by atoms with Gasteiger partial charge in [0.2, 0.25) is 5.88 Å². The third kappa shape index (κ3) is 6.19. The summed E-state index contributed by atoms with van der Waals surface area (Å²) >= 11 is 0. The molecule has 1 aliphatic rings. The van der Waals surface area contributed by atoms with Gasteiger partial charge in [-0.3, -0.25) is 4.90 Å². The quantitative estimate of drug-likeness (QED) is 0.453. The zero-order valence-electron chi connectivity index (χ0n) is 19.4. The lowest BCUT2D eigenvalue weighted by molar-refractivity contribution is -0.0107. The Labute approximate surface area is 194 Å². The van der Waals surface area contributed by atoms with E-state index in [4.69, 9.17) is 14.6 Å². The molecule has 0 bridgehead atoms. The second-order valence-corrected chi connectivity index (χ2v) is 8.88. The van der Waals surface area contributed by atoms with Gasteiger partial charge < -0.3 is 14.6 Å². The van der Waals surface area contributed by atoms with E-state index in [-0.39, 0.29) is 11.9 Å². The van der Waals surface area contributed by atoms with Crippen molar-refractivity contribution in [2.75, 3.05) is 13.2 Å². The Morgan fingerprint density at radius 2 is 1.91 bits per heavy atom. The van der Waals surface area contributed by atoms with E-state index in [1.54, 1.807) is 16.8 Å². The number of halogens is 1. The molecule has 1 heterocycles. The maximum Gasteiger partial charge on any atom is 0.222 e. The minimum absolute atomic E-state index is 0.0725. The summed E-state index contributed by atoms with van der Waals surface area (Å²) in [6, 6.07) is 16.5. The number of aryl methyl sites for hydroxylation is 1. The minimum atomic E-state index is -0.586. The Morgan fingerprint density at radius 1 is 1.15 bits per heavy atom. The molecule has 33 heavy (non-hydrogen) atoms. The van der Waals surface area contributed by atoms with Gasteiger partial charge in [0.15, 0.2) is 0 Å². The van der Waals surface area contributed by atoms with Crippen LogP contribution in [0.5, 0.6) is 11.6 Å². The van der Waals surface area contributed by atoms with E-state index < -0.39 is 6.10 Å². The van der Waals surface area contributed by atoms with Crippen LogP contribution in [0.15, 0.2) is 54.6 Å². The predicted molar refractivity (Wildman–Crippen MR) is 126 cm³/mol. The Morgan fingerprint density at radius 3 is 2.58 bits per heavy atom. The summed E-state index contributed by atoms with van der Waals surface area (Å²) in [6.07, 6.45) is 1.68. The van der Waals surface area contributed by atoms with E-state index in [9.17, 15) is 9.50 Å². The summed E-state index contributed by atoms with van der Waals surface area (Å²) in [5, 5.41) is 15.3. The van der Waals surface area contributed by atoms with Crippen LogP contribution in [0.3, 0.4) is 0 Å². The molecule has 0 spiro atoms. The molecule has 7 heteroatoms. The Balaban J connectivity index is 1.65. The largest absolute Gasteiger partial charge is 0.439 e. The maximum atomic E-state index is 13.8. The fourth-order valence-corrected chi connectivity index (χ4v) is 3.91. The van der Waals surface area contributed by atoms with Crippen molar-refractivity contribution < 1.29 is 19.0 Å². The van der Waals surface area contributed by atoms with E-state index in [0.717, 1.165) is 29.7 Å². The molecule has 1 fully saturated rings. The fourth-order valence-electron chi connectivity index (χ4n) is 3.91. The van der Waals surface area contributed by atoms with Crippen molar-refractivity contribution in [3.05, 3.63) is 66.0 Å². The SMILES string of the molecule is CC(C)OC[C@H](O)CN(Cc1c(-c2ccccc2)nn(C)c1Oc1cccc(F)c1)C1CC1. The highest BCUT2D eigenvalue weighted by Gasteiger charge is 2.33. The van der Waals surface area contributed by atoms with Crippen molar-refractivity contribution >= 4 is 0 Å². The van der Waals surface area contributed by atoms with Gasteiger partial charge in [0.05, 0.1) is 24.4 Å². The molecule has 1 aliphatic carbocycles. The van der Waals surface area contributed by atoms with E-state index in [1.807, 2.05) is 51.2 Å². The second-order valence-electron chi connectivity index (χ2n) is 8.88. The van der Waals surface area contributed by atoms with Gasteiger partial charge in [-0.15, -0.1) is 0 Å². The molecule has 0 saturated heterocycles. The second kappa shape index (κ2) is 10.5. The number of aromatic nitrogens is 2. The van der Waals surface area contributed by atoms with Crippen molar-refractivity contribution in [1.82, 2.24) is 14.7 Å². The normalized spacial score (nSPS) is 14.8. The molecule has 0 amide bonds. The highest BCUT2D eigenvalue weighted by atomic mass is 19.1. The first-order valence-corrected chi connectivity index (χ1v) is 11.5. The molecule has 1 N–H and O–H groups in total. The molecular weight excluding hydrogens is 421 g/mol. The minimum Gasteiger partial charge on any atom is -0.439 e. The van der Waals surface area contributed by atoms with Gasteiger partial charge in [-0.2, -0.15) is 5.10 Å². The molecule has 6 nitrogen and oxygen atoms in total. The first kappa shape index (κ1) is 23.4. The van der Waals surface area contributed by atoms with E-state index in [2.05, 4.69) is 4.90 Å². The number of hydrogen-bond acceptors (Lipinski definition) is 5. The molecule has 3 aromatic rings. The van der Waals surface area contributed by atoms with Crippen LogP contribution >= 0.6 is 0 Å². The van der Waals surface area contributed by atoms with Crippen LogP contribution in [0.1, 0.15) is 32.3 Å². The lowest BCUT2D eigenvalue weighted by Gasteiger charge is -2.26. The first-order valence-electron chi connectivity index (χ1n) is 11.5. The van der Waals surface area contributed by atoms with Gasteiger partial charge in [-0.1, -0.05) is 36.4 Å². The average Bonchev–Trinajstić information content (AvgIpc) is 3.59. The topological polar surface area (TPSA) is 59.8 Å². The smallest absolute Gasteiger partial charge is 0.222 e. The summed E-state index contributed by atoms with van der Waals surface area (Å²) in [4.78, 5) is 2.27. The van der Waals surface area contributed by atoms with Gasteiger partial charge in [0, 0.05) is 37.8 Å². The molecule has 1 atom stereocenters. The van der Waals surface area contributed by atoms with Crippen molar-refractivity contribution in [3.63, 3.8) is 0 Å². The summed E-state index contributed by atoms with van der Waals surface area (Å²) in [6.45, 7) is 5.28. The van der Waals surface area contributed by atoms with Crippen LogP contribution in [0, 0.1) is 5.82 Å². The number of benzene rings is 2. The number of aliphatic hydroxyl groups excluding tert-OH is 1. The van der Waals surface area contributed by atoms with Gasteiger partial charge >= 0.3 is 0 Å². The maximum absolute atomic E-state index is 13.8. The molecule has 0 aliphatic heterocycles. The van der Waals surface area contributed by atoms with Gasteiger partial charge in [0.25, 0.3) is 0 Å². The number of nitrogens with zero attached hydrogens (tertiary/aromatic N) is 3. The average molecular weight is 454 g/mol. The lowest BCUT2D eigenvalue weighted by Crippen LogP contribution is -2.36. The molecule has 0 radical (unpaired) electrons. The predicted octanol–water partition coefficient (Wildman–Crippen LogP) is 4.77. The Bertz CT molecular complexity index is 1050. The number of hydrogen-bond donors (Lipinski definition) is 1. The van der Waals surface area contributed by atoms with Crippen molar-refractivity contribution in [3.8, 4) is 22.9 Å². The lowest BCUT2D eigenvalue weighted by atomic mass is 10.1. The summed E-state index contributed by atoms with van der Waals surface area (Å²) in [7, 11) is 1.83. The third-order valence-corrected chi connectivity index (χ3v) is 5.64. The number of ether oxygens (including phenoxy) is 2. The third-order valence-electron chi connectivity index (χ3n) is 5.64. The van der Waals surface area contributed by atoms with E-state index >= 15 is 0 Å². The molecule has 176 valence electrons. The standard InChI is InChI=1S/C26H32FN3O3/c1-18(2)32-17-22(31)15-30(21-12-13-21)16-24-25(19-8-5-4-6-9-19)28-29(3)26(24)33-23-11-7-10-20(27)14-23/h4-11,14,18,21-22,31H,12-13,15-17H2,1-3H3/t22-/m1/s1. The van der Waals surface area contributed by atoms with Crippen molar-refractivity contribution in [2.45, 2.75) is 51.5 Å². The van der Waals surface area contributed by atoms with Crippen LogP contribution in [-0.4, -0.2) is 51.2 Å². The van der Waals surface area contributed by atoms with Crippen molar-refractivity contribution in [1.29, 1.82) is 0 Å². The van der Waals surface area contributed by atoms with Crippen LogP contribution in [0.4, 0.5) is 4.39 Å². The number of rotatable bonds is 11. The fraction of sp³-hybridized carbons (Fsp3) is 0.423. The highest BCUT2D eigenvalue weighted by Crippen LogP contribution is 2.37. The van der Waals surface area contributed by atoms with Gasteiger partial charge in [-0.25, -0.2) is 9.07 Å². The first-order chi connectivity index (χ1) is 15.9. The van der Waals surface area contributed by atoms with Crippen LogP contribution in [0.2, 0.25) is 0 Å². The molecule has 4 rings (SSSR count). The zero-order chi connectivity index (χ0) is 23.4.